The Morgan fingerprint density at radius 3 is 1.24 bits per heavy atom. The third-order valence-corrected chi connectivity index (χ3v) is 15.1. The normalized spacial score (nSPS) is 14.3. The number of aliphatic hydroxyl groups excluding tert-OH is 1. The van der Waals surface area contributed by atoms with Crippen LogP contribution in [0, 0.1) is 0 Å². The van der Waals surface area contributed by atoms with E-state index in [1.165, 1.54) is 193 Å². The van der Waals surface area contributed by atoms with Gasteiger partial charge in [0.05, 0.1) is 39.9 Å². The molecule has 0 aromatic rings. The van der Waals surface area contributed by atoms with Crippen molar-refractivity contribution >= 4 is 13.7 Å². The minimum atomic E-state index is -4.61. The van der Waals surface area contributed by atoms with Gasteiger partial charge in [0.15, 0.2) is 0 Å². The summed E-state index contributed by atoms with van der Waals surface area (Å²) in [5, 5.41) is 13.9. The van der Waals surface area contributed by atoms with E-state index in [2.05, 4.69) is 79.9 Å². The lowest BCUT2D eigenvalue weighted by Gasteiger charge is -2.29. The van der Waals surface area contributed by atoms with Crippen LogP contribution in [-0.4, -0.2) is 68.5 Å². The molecule has 438 valence electrons. The second kappa shape index (κ2) is 56.7. The van der Waals surface area contributed by atoms with Gasteiger partial charge < -0.3 is 28.8 Å². The predicted octanol–water partition coefficient (Wildman–Crippen LogP) is 19.2. The third-order valence-electron chi connectivity index (χ3n) is 14.2. The lowest BCUT2D eigenvalue weighted by molar-refractivity contribution is -0.870. The Kier molecular flexibility index (Phi) is 55.1. The first-order valence-electron chi connectivity index (χ1n) is 31.8. The maximum Gasteiger partial charge on any atom is 0.268 e. The van der Waals surface area contributed by atoms with Crippen LogP contribution in [0.3, 0.4) is 0 Å². The van der Waals surface area contributed by atoms with Gasteiger partial charge in [-0.05, 0) is 70.6 Å². The van der Waals surface area contributed by atoms with Gasteiger partial charge in [-0.25, -0.2) is 0 Å². The van der Waals surface area contributed by atoms with Crippen LogP contribution in [0.1, 0.15) is 290 Å². The van der Waals surface area contributed by atoms with Crippen molar-refractivity contribution in [2.24, 2.45) is 0 Å². The zero-order valence-corrected chi connectivity index (χ0v) is 50.9. The molecule has 0 aromatic carbocycles. The highest BCUT2D eigenvalue weighted by atomic mass is 31.2. The first-order valence-corrected chi connectivity index (χ1v) is 33.3. The van der Waals surface area contributed by atoms with E-state index in [-0.39, 0.29) is 12.5 Å². The molecule has 1 amide bonds. The van der Waals surface area contributed by atoms with Crippen molar-refractivity contribution in [2.45, 2.75) is 302 Å². The van der Waals surface area contributed by atoms with Crippen molar-refractivity contribution < 1.29 is 32.9 Å². The maximum atomic E-state index is 13.0. The van der Waals surface area contributed by atoms with Gasteiger partial charge in [-0.1, -0.05) is 286 Å². The summed E-state index contributed by atoms with van der Waals surface area (Å²) in [7, 11) is 1.24. The number of allylic oxidation sites excluding steroid dienone is 11. The minimum absolute atomic E-state index is 0.0109. The standard InChI is InChI=1S/C66H123N2O6P/c1-6-8-10-12-14-16-18-20-22-24-26-28-29-30-31-32-33-34-35-36-37-38-40-41-43-45-47-49-51-53-55-57-59-65(69)64(63-74-75(71,72)73-62-61-68(3,4)5)67-66(70)60-58-56-54-52-50-48-46-44-42-39-27-25-23-21-19-17-15-13-11-9-7-2/h9,11,15,17,21,23,27,39,49,51,57,59,64-65,69H,6-8,10,12-14,16,18-20,22,24-26,28-38,40-48,50,52-56,58,60-63H2,1-5H3,(H-,67,70,71,72)/b11-9-,17-15-,23-21-,39-27-,51-49+,59-57+. The zero-order chi connectivity index (χ0) is 54.9. The highest BCUT2D eigenvalue weighted by molar-refractivity contribution is 7.45. The fourth-order valence-corrected chi connectivity index (χ4v) is 9.94. The van der Waals surface area contributed by atoms with E-state index in [0.717, 1.165) is 77.0 Å². The summed E-state index contributed by atoms with van der Waals surface area (Å²) in [5.74, 6) is -0.215. The SMILES string of the molecule is CC/C=C\C/C=C\C/C=C\C/C=C\CCCCCCCCCCC(=O)NC(COP(=O)([O-])OCC[N+](C)(C)C)C(O)/C=C/CC/C=C/CCCCCCCCCCCCCCCCCCCCCCCCCCCC. The quantitative estimate of drug-likeness (QED) is 0.0272. The van der Waals surface area contributed by atoms with E-state index in [9.17, 15) is 19.4 Å². The molecule has 0 aliphatic heterocycles. The number of hydrogen-bond acceptors (Lipinski definition) is 6. The van der Waals surface area contributed by atoms with Crippen molar-refractivity contribution in [1.82, 2.24) is 5.32 Å². The molecular weight excluding hydrogens is 948 g/mol. The molecule has 0 saturated heterocycles. The molecule has 8 nitrogen and oxygen atoms in total. The monoisotopic (exact) mass is 1070 g/mol. The smallest absolute Gasteiger partial charge is 0.268 e. The van der Waals surface area contributed by atoms with Gasteiger partial charge >= 0.3 is 0 Å². The van der Waals surface area contributed by atoms with E-state index in [4.69, 9.17) is 9.05 Å². The van der Waals surface area contributed by atoms with Crippen molar-refractivity contribution in [2.75, 3.05) is 40.9 Å². The van der Waals surface area contributed by atoms with Crippen LogP contribution >= 0.6 is 7.82 Å². The highest BCUT2D eigenvalue weighted by Crippen LogP contribution is 2.38. The predicted molar refractivity (Wildman–Crippen MR) is 325 cm³/mol. The molecule has 2 N–H and O–H groups in total. The number of amides is 1. The Balaban J connectivity index is 4.16. The van der Waals surface area contributed by atoms with Gasteiger partial charge in [0.2, 0.25) is 5.91 Å². The Morgan fingerprint density at radius 2 is 0.827 bits per heavy atom. The average Bonchev–Trinajstić information content (AvgIpc) is 3.37. The number of hydrogen-bond donors (Lipinski definition) is 2. The molecule has 0 aromatic heterocycles. The Labute approximate surface area is 465 Å². The first-order chi connectivity index (χ1) is 36.5. The number of aliphatic hydroxyl groups is 1. The van der Waals surface area contributed by atoms with E-state index in [1.54, 1.807) is 6.08 Å². The van der Waals surface area contributed by atoms with E-state index in [0.29, 0.717) is 17.4 Å². The maximum absolute atomic E-state index is 13.0. The summed E-state index contributed by atoms with van der Waals surface area (Å²) in [6.07, 6.45) is 78.7. The van der Waals surface area contributed by atoms with Crippen LogP contribution in [0.4, 0.5) is 0 Å². The number of phosphoric ester groups is 1. The number of quaternary nitrogens is 1. The number of likely N-dealkylation sites (N-methyl/N-ethyl adjacent to an activating group) is 1. The Bertz CT molecular complexity index is 1450. The summed E-state index contributed by atoms with van der Waals surface area (Å²) < 4.78 is 23.4. The summed E-state index contributed by atoms with van der Waals surface area (Å²) >= 11 is 0. The number of rotatable bonds is 58. The number of unbranched alkanes of at least 4 members (excludes halogenated alkanes) is 35. The van der Waals surface area contributed by atoms with Crippen LogP contribution < -0.4 is 10.2 Å². The van der Waals surface area contributed by atoms with Gasteiger partial charge in [0.25, 0.3) is 7.82 Å². The second-order valence-corrected chi connectivity index (χ2v) is 24.1. The van der Waals surface area contributed by atoms with Gasteiger partial charge in [-0.3, -0.25) is 9.36 Å². The molecule has 0 heterocycles. The topological polar surface area (TPSA) is 108 Å². The molecule has 0 aliphatic carbocycles. The van der Waals surface area contributed by atoms with Gasteiger partial charge in [-0.15, -0.1) is 0 Å². The molecule has 75 heavy (non-hydrogen) atoms. The van der Waals surface area contributed by atoms with E-state index >= 15 is 0 Å². The number of carbonyl (C=O) groups is 1. The molecule has 0 radical (unpaired) electrons. The molecule has 0 bridgehead atoms. The third kappa shape index (κ3) is 59.4. The van der Waals surface area contributed by atoms with Crippen molar-refractivity contribution in [3.63, 3.8) is 0 Å². The Hall–Kier alpha value is -2.06. The number of carbonyl (C=O) groups excluding carboxylic acids is 1. The lowest BCUT2D eigenvalue weighted by Crippen LogP contribution is -2.45. The van der Waals surface area contributed by atoms with Crippen LogP contribution in [0.25, 0.3) is 0 Å². The Morgan fingerprint density at radius 1 is 0.480 bits per heavy atom. The van der Waals surface area contributed by atoms with E-state index in [1.807, 2.05) is 27.2 Å². The lowest BCUT2D eigenvalue weighted by atomic mass is 10.0. The molecular formula is C66H123N2O6P. The first kappa shape index (κ1) is 72.9. The minimum Gasteiger partial charge on any atom is -0.756 e. The van der Waals surface area contributed by atoms with Crippen molar-refractivity contribution in [3.8, 4) is 0 Å². The number of nitrogens with one attached hydrogen (secondary N) is 1. The zero-order valence-electron chi connectivity index (χ0n) is 50.0. The second-order valence-electron chi connectivity index (χ2n) is 22.7. The highest BCUT2D eigenvalue weighted by Gasteiger charge is 2.23. The van der Waals surface area contributed by atoms with Gasteiger partial charge in [0, 0.05) is 6.42 Å². The van der Waals surface area contributed by atoms with Crippen molar-refractivity contribution in [3.05, 3.63) is 72.9 Å². The molecule has 3 atom stereocenters. The molecule has 0 rings (SSSR count). The summed E-state index contributed by atoms with van der Waals surface area (Å²) in [5.41, 5.74) is 0. The van der Waals surface area contributed by atoms with Crippen LogP contribution in [0.15, 0.2) is 72.9 Å². The van der Waals surface area contributed by atoms with Gasteiger partial charge in [0.1, 0.15) is 13.2 Å². The molecule has 3 unspecified atom stereocenters. The molecule has 0 aliphatic rings. The number of nitrogens with zero attached hydrogens (tertiary/aromatic N) is 1. The van der Waals surface area contributed by atoms with Crippen LogP contribution in [-0.2, 0) is 18.4 Å². The van der Waals surface area contributed by atoms with E-state index < -0.39 is 26.6 Å². The average molecular weight is 1070 g/mol. The molecule has 9 heteroatoms. The molecule has 0 fully saturated rings. The number of phosphoric acid groups is 1. The summed E-state index contributed by atoms with van der Waals surface area (Å²) in [6.45, 7) is 4.53. The molecule has 0 saturated carbocycles. The van der Waals surface area contributed by atoms with Crippen LogP contribution in [0.5, 0.6) is 0 Å². The van der Waals surface area contributed by atoms with Gasteiger partial charge in [-0.2, -0.15) is 0 Å². The fourth-order valence-electron chi connectivity index (χ4n) is 9.22. The fraction of sp³-hybridized carbons (Fsp3) is 0.803. The summed E-state index contributed by atoms with van der Waals surface area (Å²) in [6, 6.07) is -0.913. The van der Waals surface area contributed by atoms with Crippen molar-refractivity contribution in [1.29, 1.82) is 0 Å². The molecule has 0 spiro atoms. The summed E-state index contributed by atoms with van der Waals surface area (Å²) in [4.78, 5) is 25.5. The largest absolute Gasteiger partial charge is 0.756 e. The van der Waals surface area contributed by atoms with Crippen LogP contribution in [0.2, 0.25) is 0 Å².